The fraction of sp³-hybridized carbons (Fsp3) is 0.773. The molecule has 0 radical (unpaired) electrons. The van der Waals surface area contributed by atoms with Crippen molar-refractivity contribution in [2.45, 2.75) is 361 Å². The molecule has 0 aromatic heterocycles. The van der Waals surface area contributed by atoms with Crippen LogP contribution >= 0.6 is 0 Å². The summed E-state index contributed by atoms with van der Waals surface area (Å²) in [5.74, 6) is -0.984. The zero-order valence-corrected chi connectivity index (χ0v) is 53.8. The second-order valence-electron chi connectivity index (χ2n) is 23.4. The molecule has 0 saturated heterocycles. The average Bonchev–Trinajstić information content (AvgIpc) is 3.46. The van der Waals surface area contributed by atoms with E-state index in [0.29, 0.717) is 19.3 Å². The molecule has 0 aliphatic heterocycles. The first kappa shape index (κ1) is 77.6. The van der Waals surface area contributed by atoms with Crippen molar-refractivity contribution >= 4 is 17.9 Å². The Morgan fingerprint density at radius 1 is 0.259 bits per heavy atom. The SMILES string of the molecule is CC/C=C\C/C=C\C/C=C\C/C=C\CCC(=O)OCC(COC(=O)CCCCCCCCCCCCCCCCCCCCCCCCCCCCCCC)OC(=O)CCCCCCCC/C=C\C/C=C\C/C=C\CCCCCCC. The molecule has 81 heavy (non-hydrogen) atoms. The van der Waals surface area contributed by atoms with Crippen LogP contribution in [0, 0.1) is 0 Å². The van der Waals surface area contributed by atoms with Crippen LogP contribution in [-0.2, 0) is 28.6 Å². The lowest BCUT2D eigenvalue weighted by Crippen LogP contribution is -2.30. The maximum absolute atomic E-state index is 12.9. The van der Waals surface area contributed by atoms with Gasteiger partial charge in [-0.15, -0.1) is 0 Å². The van der Waals surface area contributed by atoms with Crippen LogP contribution in [0.5, 0.6) is 0 Å². The molecule has 1 atom stereocenters. The van der Waals surface area contributed by atoms with Crippen LogP contribution < -0.4 is 0 Å². The van der Waals surface area contributed by atoms with Gasteiger partial charge < -0.3 is 14.2 Å². The highest BCUT2D eigenvalue weighted by Gasteiger charge is 2.19. The number of esters is 3. The monoisotopic (exact) mass is 1130 g/mol. The number of hydrogen-bond donors (Lipinski definition) is 0. The van der Waals surface area contributed by atoms with Crippen LogP contribution in [-0.4, -0.2) is 37.2 Å². The normalized spacial score (nSPS) is 12.6. The molecule has 6 heteroatoms. The van der Waals surface area contributed by atoms with Crippen molar-refractivity contribution < 1.29 is 28.6 Å². The fourth-order valence-electron chi connectivity index (χ4n) is 10.2. The van der Waals surface area contributed by atoms with Crippen LogP contribution in [0.15, 0.2) is 85.1 Å². The molecule has 0 saturated carbocycles. The molecule has 0 heterocycles. The fourth-order valence-corrected chi connectivity index (χ4v) is 10.2. The molecule has 0 rings (SSSR count). The highest BCUT2D eigenvalue weighted by Crippen LogP contribution is 2.18. The zero-order valence-electron chi connectivity index (χ0n) is 53.8. The van der Waals surface area contributed by atoms with Gasteiger partial charge in [-0.25, -0.2) is 0 Å². The van der Waals surface area contributed by atoms with E-state index in [4.69, 9.17) is 14.2 Å². The minimum Gasteiger partial charge on any atom is -0.462 e. The lowest BCUT2D eigenvalue weighted by Gasteiger charge is -2.18. The van der Waals surface area contributed by atoms with Crippen LogP contribution in [0.4, 0.5) is 0 Å². The van der Waals surface area contributed by atoms with Gasteiger partial charge in [0, 0.05) is 19.3 Å². The van der Waals surface area contributed by atoms with Gasteiger partial charge in [0.05, 0.1) is 0 Å². The predicted octanol–water partition coefficient (Wildman–Crippen LogP) is 24.2. The summed E-state index contributed by atoms with van der Waals surface area (Å²) in [4.78, 5) is 38.3. The summed E-state index contributed by atoms with van der Waals surface area (Å²) in [5, 5.41) is 0. The highest BCUT2D eigenvalue weighted by molar-refractivity contribution is 5.71. The number of carbonyl (C=O) groups excluding carboxylic acids is 3. The van der Waals surface area contributed by atoms with Crippen LogP contribution in [0.1, 0.15) is 355 Å². The summed E-state index contributed by atoms with van der Waals surface area (Å²) < 4.78 is 16.9. The standard InChI is InChI=1S/C75H132O6/c1-4-7-10-13-16-19-22-25-27-29-31-33-34-35-36-37-38-39-40-42-43-45-47-50-53-56-59-62-65-68-74(77)80-71-72(70-79-73(76)67-64-61-58-55-52-49-24-21-18-15-12-9-6-3)81-75(78)69-66-63-60-57-54-51-48-46-44-41-32-30-28-26-23-20-17-14-11-8-5-2/h9,12,18,21,23,26,30,32,44,46,49,52,58,61,72H,4-8,10-11,13-17,19-20,22,24-25,27-29,31,33-43,45,47-48,50-51,53-57,59-60,62-71H2,1-3H3/b12-9-,21-18-,26-23-,32-30-,46-44-,52-49-,61-58-. The van der Waals surface area contributed by atoms with Gasteiger partial charge in [-0.05, 0) is 83.5 Å². The lowest BCUT2D eigenvalue weighted by atomic mass is 10.0. The van der Waals surface area contributed by atoms with Gasteiger partial charge in [-0.2, -0.15) is 0 Å². The number of ether oxygens (including phenoxy) is 3. The van der Waals surface area contributed by atoms with Gasteiger partial charge in [-0.3, -0.25) is 14.4 Å². The number of allylic oxidation sites excluding steroid dienone is 14. The topological polar surface area (TPSA) is 78.9 Å². The summed E-state index contributed by atoms with van der Waals surface area (Å²) in [6.07, 6.45) is 92.1. The van der Waals surface area contributed by atoms with E-state index in [0.717, 1.165) is 89.9 Å². The van der Waals surface area contributed by atoms with Crippen LogP contribution in [0.25, 0.3) is 0 Å². The second kappa shape index (κ2) is 69.1. The van der Waals surface area contributed by atoms with Crippen molar-refractivity contribution in [3.8, 4) is 0 Å². The minimum absolute atomic E-state index is 0.102. The van der Waals surface area contributed by atoms with E-state index in [2.05, 4.69) is 99.8 Å². The molecule has 0 N–H and O–H groups in total. The van der Waals surface area contributed by atoms with Crippen LogP contribution in [0.2, 0.25) is 0 Å². The van der Waals surface area contributed by atoms with Crippen molar-refractivity contribution in [2.24, 2.45) is 0 Å². The average molecular weight is 1130 g/mol. The molecular formula is C75H132O6. The third kappa shape index (κ3) is 67.3. The lowest BCUT2D eigenvalue weighted by molar-refractivity contribution is -0.166. The van der Waals surface area contributed by atoms with Gasteiger partial charge in [0.25, 0.3) is 0 Å². The summed E-state index contributed by atoms with van der Waals surface area (Å²) in [7, 11) is 0. The largest absolute Gasteiger partial charge is 0.462 e. The first-order chi connectivity index (χ1) is 40.0. The van der Waals surface area contributed by atoms with E-state index < -0.39 is 6.10 Å². The number of hydrogen-bond acceptors (Lipinski definition) is 6. The van der Waals surface area contributed by atoms with Gasteiger partial charge in [0.15, 0.2) is 6.10 Å². The highest BCUT2D eigenvalue weighted by atomic mass is 16.6. The number of rotatable bonds is 64. The Morgan fingerprint density at radius 3 is 0.827 bits per heavy atom. The Morgan fingerprint density at radius 2 is 0.506 bits per heavy atom. The van der Waals surface area contributed by atoms with E-state index in [1.165, 1.54) is 218 Å². The molecule has 468 valence electrons. The molecular weight excluding hydrogens is 997 g/mol. The summed E-state index contributed by atoms with van der Waals surface area (Å²) in [6, 6.07) is 0. The molecule has 0 spiro atoms. The minimum atomic E-state index is -0.813. The van der Waals surface area contributed by atoms with Gasteiger partial charge in [0.2, 0.25) is 0 Å². The Kier molecular flexibility index (Phi) is 66.2. The third-order valence-electron chi connectivity index (χ3n) is 15.4. The molecule has 0 aromatic carbocycles. The number of carbonyl (C=O) groups is 3. The quantitative estimate of drug-likeness (QED) is 0.0261. The molecule has 0 fully saturated rings. The molecule has 0 aromatic rings. The van der Waals surface area contributed by atoms with Crippen molar-refractivity contribution in [3.05, 3.63) is 85.1 Å². The number of unbranched alkanes of at least 4 members (excludes halogenated alkanes) is 39. The second-order valence-corrected chi connectivity index (χ2v) is 23.4. The summed E-state index contributed by atoms with van der Waals surface area (Å²) in [5.41, 5.74) is 0. The van der Waals surface area contributed by atoms with Crippen molar-refractivity contribution in [2.75, 3.05) is 13.2 Å². The van der Waals surface area contributed by atoms with Crippen molar-refractivity contribution in [1.29, 1.82) is 0 Å². The van der Waals surface area contributed by atoms with Crippen molar-refractivity contribution in [3.63, 3.8) is 0 Å². The molecule has 0 aliphatic rings. The van der Waals surface area contributed by atoms with E-state index in [9.17, 15) is 14.4 Å². The smallest absolute Gasteiger partial charge is 0.306 e. The van der Waals surface area contributed by atoms with Gasteiger partial charge >= 0.3 is 17.9 Å². The maximum Gasteiger partial charge on any atom is 0.306 e. The predicted molar refractivity (Wildman–Crippen MR) is 353 cm³/mol. The van der Waals surface area contributed by atoms with Gasteiger partial charge in [-0.1, -0.05) is 337 Å². The Hall–Kier alpha value is -3.41. The first-order valence-corrected chi connectivity index (χ1v) is 35.1. The first-order valence-electron chi connectivity index (χ1n) is 35.1. The van der Waals surface area contributed by atoms with E-state index in [1.807, 2.05) is 6.08 Å². The molecule has 0 bridgehead atoms. The molecule has 0 amide bonds. The zero-order chi connectivity index (χ0) is 58.5. The van der Waals surface area contributed by atoms with E-state index in [-0.39, 0.29) is 37.5 Å². The Labute approximate surface area is 503 Å². The molecule has 1 unspecified atom stereocenters. The van der Waals surface area contributed by atoms with Crippen molar-refractivity contribution in [1.82, 2.24) is 0 Å². The summed E-state index contributed by atoms with van der Waals surface area (Å²) >= 11 is 0. The maximum atomic E-state index is 12.9. The summed E-state index contributed by atoms with van der Waals surface area (Å²) in [6.45, 7) is 6.49. The van der Waals surface area contributed by atoms with Crippen LogP contribution in [0.3, 0.4) is 0 Å². The Bertz CT molecular complexity index is 1530. The van der Waals surface area contributed by atoms with Gasteiger partial charge in [0.1, 0.15) is 13.2 Å². The third-order valence-corrected chi connectivity index (χ3v) is 15.4. The Balaban J connectivity index is 4.26. The molecule has 0 aliphatic carbocycles. The molecule has 6 nitrogen and oxygen atoms in total. The van der Waals surface area contributed by atoms with E-state index >= 15 is 0 Å². The van der Waals surface area contributed by atoms with E-state index in [1.54, 1.807) is 0 Å².